The summed E-state index contributed by atoms with van der Waals surface area (Å²) in [4.78, 5) is 6.79. The Labute approximate surface area is 185 Å². The van der Waals surface area contributed by atoms with Crippen LogP contribution < -0.4 is 20.3 Å². The fraction of sp³-hybridized carbons (Fsp3) is 0.409. The van der Waals surface area contributed by atoms with E-state index in [-0.39, 0.29) is 30.0 Å². The molecular formula is C22H31IN4O. The van der Waals surface area contributed by atoms with Crippen molar-refractivity contribution in [2.75, 3.05) is 38.7 Å². The van der Waals surface area contributed by atoms with Crippen molar-refractivity contribution in [2.45, 2.75) is 19.4 Å². The molecule has 1 fully saturated rings. The first-order valence-corrected chi connectivity index (χ1v) is 9.61. The lowest BCUT2D eigenvalue weighted by atomic mass is 10.1. The van der Waals surface area contributed by atoms with E-state index in [1.54, 1.807) is 7.11 Å². The second-order valence-corrected chi connectivity index (χ2v) is 7.00. The van der Waals surface area contributed by atoms with Gasteiger partial charge < -0.3 is 20.3 Å². The van der Waals surface area contributed by atoms with Gasteiger partial charge in [-0.1, -0.05) is 42.5 Å². The maximum absolute atomic E-state index is 5.51. The van der Waals surface area contributed by atoms with Gasteiger partial charge in [-0.25, -0.2) is 0 Å². The topological polar surface area (TPSA) is 48.9 Å². The smallest absolute Gasteiger partial charge is 0.191 e. The third-order valence-electron chi connectivity index (χ3n) is 5.15. The molecule has 6 heteroatoms. The summed E-state index contributed by atoms with van der Waals surface area (Å²) in [5, 5.41) is 6.97. The van der Waals surface area contributed by atoms with E-state index in [0.29, 0.717) is 5.92 Å². The molecule has 0 aromatic heterocycles. The number of aliphatic imine (C=N–C) groups is 1. The van der Waals surface area contributed by atoms with Gasteiger partial charge in [0.2, 0.25) is 0 Å². The number of para-hydroxylation sites is 2. The Morgan fingerprint density at radius 1 is 1.18 bits per heavy atom. The Hall–Kier alpha value is -1.96. The first-order chi connectivity index (χ1) is 13.2. The van der Waals surface area contributed by atoms with Crippen molar-refractivity contribution in [1.82, 2.24) is 10.6 Å². The maximum Gasteiger partial charge on any atom is 0.191 e. The van der Waals surface area contributed by atoms with Crippen molar-refractivity contribution in [1.29, 1.82) is 0 Å². The number of hydrogen-bond donors (Lipinski definition) is 2. The summed E-state index contributed by atoms with van der Waals surface area (Å²) in [6.45, 7) is 5.14. The second-order valence-electron chi connectivity index (χ2n) is 7.00. The summed E-state index contributed by atoms with van der Waals surface area (Å²) in [6.07, 6.45) is 1.16. The number of benzene rings is 2. The van der Waals surface area contributed by atoms with Gasteiger partial charge in [0.25, 0.3) is 0 Å². The summed E-state index contributed by atoms with van der Waals surface area (Å²) in [7, 11) is 3.56. The largest absolute Gasteiger partial charge is 0.495 e. The van der Waals surface area contributed by atoms with E-state index in [0.717, 1.165) is 37.8 Å². The Kier molecular flexibility index (Phi) is 8.89. The molecule has 2 aromatic carbocycles. The molecular weight excluding hydrogens is 463 g/mol. The standard InChI is InChI=1S/C22H30N4O.HI/c1-17(19-9-5-4-6-10-19)25-22(23-2)24-15-18-13-14-26(16-18)20-11-7-8-12-21(20)27-3;/h4-12,17-18H,13-16H2,1-3H3,(H2,23,24,25);1H. The number of nitrogens with one attached hydrogen (secondary N) is 2. The van der Waals surface area contributed by atoms with Crippen molar-refractivity contribution in [3.8, 4) is 5.75 Å². The van der Waals surface area contributed by atoms with Crippen LogP contribution in [0.3, 0.4) is 0 Å². The van der Waals surface area contributed by atoms with Crippen LogP contribution >= 0.6 is 24.0 Å². The lowest BCUT2D eigenvalue weighted by Crippen LogP contribution is -2.41. The minimum Gasteiger partial charge on any atom is -0.495 e. The summed E-state index contributed by atoms with van der Waals surface area (Å²) in [6, 6.07) is 18.9. The predicted octanol–water partition coefficient (Wildman–Crippen LogP) is 4.07. The molecule has 5 nitrogen and oxygen atoms in total. The van der Waals surface area contributed by atoms with Crippen molar-refractivity contribution in [3.63, 3.8) is 0 Å². The number of rotatable bonds is 6. The van der Waals surface area contributed by atoms with Crippen LogP contribution in [-0.2, 0) is 0 Å². The summed E-state index contributed by atoms with van der Waals surface area (Å²) in [5.41, 5.74) is 2.44. The van der Waals surface area contributed by atoms with E-state index in [4.69, 9.17) is 4.74 Å². The normalized spacial score (nSPS) is 17.6. The first kappa shape index (κ1) is 22.3. The molecule has 1 aliphatic heterocycles. The maximum atomic E-state index is 5.51. The minimum atomic E-state index is 0. The SMILES string of the molecule is CN=C(NCC1CCN(c2ccccc2OC)C1)NC(C)c1ccccc1.I. The van der Waals surface area contributed by atoms with E-state index in [2.05, 4.69) is 63.8 Å². The zero-order valence-electron chi connectivity index (χ0n) is 16.9. The quantitative estimate of drug-likeness (QED) is 0.361. The van der Waals surface area contributed by atoms with Crippen LogP contribution in [0.2, 0.25) is 0 Å². The highest BCUT2D eigenvalue weighted by Gasteiger charge is 2.24. The van der Waals surface area contributed by atoms with Gasteiger partial charge in [-0.05, 0) is 37.0 Å². The van der Waals surface area contributed by atoms with Gasteiger partial charge in [0, 0.05) is 26.7 Å². The summed E-state index contributed by atoms with van der Waals surface area (Å²) < 4.78 is 5.51. The minimum absolute atomic E-state index is 0. The number of ether oxygens (including phenoxy) is 1. The summed E-state index contributed by atoms with van der Waals surface area (Å²) in [5.74, 6) is 2.38. The van der Waals surface area contributed by atoms with Crippen LogP contribution in [0, 0.1) is 5.92 Å². The summed E-state index contributed by atoms with van der Waals surface area (Å²) >= 11 is 0. The average Bonchev–Trinajstić information content (AvgIpc) is 3.20. The van der Waals surface area contributed by atoms with Crippen LogP contribution in [0.25, 0.3) is 0 Å². The molecule has 28 heavy (non-hydrogen) atoms. The zero-order valence-corrected chi connectivity index (χ0v) is 19.2. The number of hydrogen-bond acceptors (Lipinski definition) is 3. The molecule has 152 valence electrons. The fourth-order valence-corrected chi connectivity index (χ4v) is 3.57. The number of nitrogens with zero attached hydrogens (tertiary/aromatic N) is 2. The highest BCUT2D eigenvalue weighted by Crippen LogP contribution is 2.31. The monoisotopic (exact) mass is 494 g/mol. The van der Waals surface area contributed by atoms with Crippen LogP contribution in [0.4, 0.5) is 5.69 Å². The van der Waals surface area contributed by atoms with E-state index < -0.39 is 0 Å². The molecule has 2 atom stereocenters. The molecule has 2 unspecified atom stereocenters. The third-order valence-corrected chi connectivity index (χ3v) is 5.15. The Bertz CT molecular complexity index is 753. The van der Waals surface area contributed by atoms with Crippen molar-refractivity contribution in [2.24, 2.45) is 10.9 Å². The van der Waals surface area contributed by atoms with Crippen LogP contribution in [-0.4, -0.2) is 39.8 Å². The molecule has 0 aliphatic carbocycles. The highest BCUT2D eigenvalue weighted by molar-refractivity contribution is 14.0. The first-order valence-electron chi connectivity index (χ1n) is 9.61. The van der Waals surface area contributed by atoms with E-state index in [1.165, 1.54) is 11.3 Å². The molecule has 1 saturated heterocycles. The Morgan fingerprint density at radius 2 is 1.89 bits per heavy atom. The van der Waals surface area contributed by atoms with Gasteiger partial charge in [0.05, 0.1) is 18.8 Å². The van der Waals surface area contributed by atoms with Crippen molar-refractivity contribution in [3.05, 3.63) is 60.2 Å². The molecule has 3 rings (SSSR count). The van der Waals surface area contributed by atoms with E-state index in [9.17, 15) is 0 Å². The van der Waals surface area contributed by atoms with Crippen LogP contribution in [0.15, 0.2) is 59.6 Å². The van der Waals surface area contributed by atoms with Crippen molar-refractivity contribution >= 4 is 35.6 Å². The van der Waals surface area contributed by atoms with Gasteiger partial charge in [0.15, 0.2) is 5.96 Å². The van der Waals surface area contributed by atoms with Crippen LogP contribution in [0.1, 0.15) is 24.9 Å². The molecule has 0 spiro atoms. The number of methoxy groups -OCH3 is 1. The predicted molar refractivity (Wildman–Crippen MR) is 128 cm³/mol. The van der Waals surface area contributed by atoms with E-state index in [1.807, 2.05) is 25.2 Å². The second kappa shape index (κ2) is 11.1. The lowest BCUT2D eigenvalue weighted by Gasteiger charge is -2.22. The molecule has 2 N–H and O–H groups in total. The number of guanidine groups is 1. The Morgan fingerprint density at radius 3 is 2.61 bits per heavy atom. The molecule has 1 aliphatic rings. The van der Waals surface area contributed by atoms with Gasteiger partial charge >= 0.3 is 0 Å². The molecule has 0 saturated carbocycles. The van der Waals surface area contributed by atoms with Gasteiger partial charge in [-0.2, -0.15) is 0 Å². The molecule has 0 radical (unpaired) electrons. The van der Waals surface area contributed by atoms with Crippen LogP contribution in [0.5, 0.6) is 5.75 Å². The molecule has 1 heterocycles. The van der Waals surface area contributed by atoms with E-state index >= 15 is 0 Å². The molecule has 0 bridgehead atoms. The fourth-order valence-electron chi connectivity index (χ4n) is 3.57. The van der Waals surface area contributed by atoms with Gasteiger partial charge in [-0.3, -0.25) is 4.99 Å². The average molecular weight is 494 g/mol. The number of halogens is 1. The molecule has 0 amide bonds. The zero-order chi connectivity index (χ0) is 19.1. The Balaban J connectivity index is 0.00000280. The lowest BCUT2D eigenvalue weighted by molar-refractivity contribution is 0.414. The molecule has 2 aromatic rings. The van der Waals surface area contributed by atoms with Gasteiger partial charge in [0.1, 0.15) is 5.75 Å². The highest BCUT2D eigenvalue weighted by atomic mass is 127. The number of anilines is 1. The van der Waals surface area contributed by atoms with Gasteiger partial charge in [-0.15, -0.1) is 24.0 Å². The third kappa shape index (κ3) is 5.77. The van der Waals surface area contributed by atoms with Crippen molar-refractivity contribution < 1.29 is 4.74 Å².